The van der Waals surface area contributed by atoms with Crippen LogP contribution in [-0.2, 0) is 6.54 Å². The van der Waals surface area contributed by atoms with E-state index in [4.69, 9.17) is 23.2 Å². The van der Waals surface area contributed by atoms with Crippen molar-refractivity contribution in [2.45, 2.75) is 6.54 Å². The molecule has 0 saturated heterocycles. The number of anilines is 1. The predicted octanol–water partition coefficient (Wildman–Crippen LogP) is 4.61. The van der Waals surface area contributed by atoms with Crippen LogP contribution in [0.5, 0.6) is 0 Å². The van der Waals surface area contributed by atoms with Gasteiger partial charge in [0.15, 0.2) is 0 Å². The first-order chi connectivity index (χ1) is 7.75. The lowest BCUT2D eigenvalue weighted by molar-refractivity contribution is 1.15. The van der Waals surface area contributed by atoms with Crippen molar-refractivity contribution in [1.82, 2.24) is 0 Å². The molecule has 0 amide bonds. The average Bonchev–Trinajstić information content (AvgIpc) is 2.29. The summed E-state index contributed by atoms with van der Waals surface area (Å²) in [6.07, 6.45) is 0. The largest absolute Gasteiger partial charge is 0.381 e. The van der Waals surface area contributed by atoms with E-state index < -0.39 is 0 Å². The molecule has 2 aromatic rings. The van der Waals surface area contributed by atoms with E-state index in [-0.39, 0.29) is 0 Å². The van der Waals surface area contributed by atoms with E-state index in [2.05, 4.69) is 5.32 Å². The molecular formula is C13H11Cl2N. The van der Waals surface area contributed by atoms with Gasteiger partial charge in [-0.25, -0.2) is 0 Å². The summed E-state index contributed by atoms with van der Waals surface area (Å²) in [4.78, 5) is 0. The quantitative estimate of drug-likeness (QED) is 0.841. The van der Waals surface area contributed by atoms with E-state index in [0.29, 0.717) is 16.6 Å². The highest BCUT2D eigenvalue weighted by atomic mass is 35.5. The van der Waals surface area contributed by atoms with Crippen LogP contribution < -0.4 is 5.32 Å². The van der Waals surface area contributed by atoms with E-state index in [9.17, 15) is 0 Å². The van der Waals surface area contributed by atoms with Gasteiger partial charge in [0.25, 0.3) is 0 Å². The van der Waals surface area contributed by atoms with Crippen molar-refractivity contribution < 1.29 is 0 Å². The molecule has 1 N–H and O–H groups in total. The van der Waals surface area contributed by atoms with E-state index >= 15 is 0 Å². The van der Waals surface area contributed by atoms with Crippen LogP contribution in [0.2, 0.25) is 10.0 Å². The first-order valence-electron chi connectivity index (χ1n) is 4.98. The summed E-state index contributed by atoms with van der Waals surface area (Å²) in [6.45, 7) is 0.694. The molecule has 1 nitrogen and oxygen atoms in total. The SMILES string of the molecule is Clc1ccc(CNc2ccccc2)c(Cl)c1. The van der Waals surface area contributed by atoms with Crippen LogP contribution >= 0.6 is 23.2 Å². The first-order valence-corrected chi connectivity index (χ1v) is 5.74. The summed E-state index contributed by atoms with van der Waals surface area (Å²) >= 11 is 11.9. The molecule has 82 valence electrons. The monoisotopic (exact) mass is 251 g/mol. The van der Waals surface area contributed by atoms with Gasteiger partial charge in [0.1, 0.15) is 0 Å². The molecule has 16 heavy (non-hydrogen) atoms. The third kappa shape index (κ3) is 2.91. The Morgan fingerprint density at radius 3 is 2.38 bits per heavy atom. The highest BCUT2D eigenvalue weighted by molar-refractivity contribution is 6.35. The minimum atomic E-state index is 0.661. The van der Waals surface area contributed by atoms with E-state index in [0.717, 1.165) is 11.3 Å². The Kier molecular flexibility index (Phi) is 3.70. The average molecular weight is 252 g/mol. The molecule has 0 heterocycles. The van der Waals surface area contributed by atoms with Crippen LogP contribution in [-0.4, -0.2) is 0 Å². The zero-order valence-corrected chi connectivity index (χ0v) is 10.1. The lowest BCUT2D eigenvalue weighted by atomic mass is 10.2. The van der Waals surface area contributed by atoms with Gasteiger partial charge in [-0.1, -0.05) is 47.5 Å². The number of benzene rings is 2. The summed E-state index contributed by atoms with van der Waals surface area (Å²) in [5.74, 6) is 0. The fourth-order valence-corrected chi connectivity index (χ4v) is 1.89. The molecule has 0 unspecified atom stereocenters. The summed E-state index contributed by atoms with van der Waals surface area (Å²) in [6, 6.07) is 15.5. The highest BCUT2D eigenvalue weighted by Crippen LogP contribution is 2.21. The molecule has 0 aliphatic heterocycles. The molecule has 0 radical (unpaired) electrons. The molecule has 0 aliphatic carbocycles. The van der Waals surface area contributed by atoms with Crippen molar-refractivity contribution in [3.63, 3.8) is 0 Å². The second-order valence-corrected chi connectivity index (χ2v) is 4.30. The maximum Gasteiger partial charge on any atom is 0.0470 e. The topological polar surface area (TPSA) is 12.0 Å². The Hall–Kier alpha value is -1.18. The Morgan fingerprint density at radius 1 is 0.938 bits per heavy atom. The van der Waals surface area contributed by atoms with Crippen molar-refractivity contribution >= 4 is 28.9 Å². The van der Waals surface area contributed by atoms with Gasteiger partial charge < -0.3 is 5.32 Å². The van der Waals surface area contributed by atoms with Gasteiger partial charge in [-0.15, -0.1) is 0 Å². The zero-order chi connectivity index (χ0) is 11.4. The van der Waals surface area contributed by atoms with Crippen molar-refractivity contribution in [3.05, 3.63) is 64.1 Å². The fourth-order valence-electron chi connectivity index (χ4n) is 1.42. The van der Waals surface area contributed by atoms with Crippen LogP contribution in [0.25, 0.3) is 0 Å². The van der Waals surface area contributed by atoms with Gasteiger partial charge in [0, 0.05) is 22.3 Å². The Balaban J connectivity index is 2.05. The third-order valence-corrected chi connectivity index (χ3v) is 2.86. The summed E-state index contributed by atoms with van der Waals surface area (Å²) < 4.78 is 0. The predicted molar refractivity (Wildman–Crippen MR) is 70.2 cm³/mol. The van der Waals surface area contributed by atoms with E-state index in [1.165, 1.54) is 0 Å². The summed E-state index contributed by atoms with van der Waals surface area (Å²) in [5.41, 5.74) is 2.11. The van der Waals surface area contributed by atoms with Crippen LogP contribution in [0.3, 0.4) is 0 Å². The number of nitrogens with one attached hydrogen (secondary N) is 1. The minimum Gasteiger partial charge on any atom is -0.381 e. The maximum atomic E-state index is 6.07. The van der Waals surface area contributed by atoms with Crippen LogP contribution in [0.15, 0.2) is 48.5 Å². The Bertz CT molecular complexity index is 469. The number of hydrogen-bond acceptors (Lipinski definition) is 1. The summed E-state index contributed by atoms with van der Waals surface area (Å²) in [5, 5.41) is 4.64. The van der Waals surface area contributed by atoms with Gasteiger partial charge >= 0.3 is 0 Å². The molecule has 0 bridgehead atoms. The molecule has 0 saturated carbocycles. The number of halogens is 2. The van der Waals surface area contributed by atoms with E-state index in [1.54, 1.807) is 6.07 Å². The van der Waals surface area contributed by atoms with Gasteiger partial charge in [0.2, 0.25) is 0 Å². The van der Waals surface area contributed by atoms with Gasteiger partial charge in [-0.3, -0.25) is 0 Å². The second kappa shape index (κ2) is 5.24. The minimum absolute atomic E-state index is 0.661. The number of rotatable bonds is 3. The molecular weight excluding hydrogens is 241 g/mol. The fraction of sp³-hybridized carbons (Fsp3) is 0.0769. The molecule has 0 aliphatic rings. The maximum absolute atomic E-state index is 6.07. The van der Waals surface area contributed by atoms with Crippen molar-refractivity contribution in [2.75, 3.05) is 5.32 Å². The van der Waals surface area contributed by atoms with Crippen molar-refractivity contribution in [2.24, 2.45) is 0 Å². The third-order valence-electron chi connectivity index (χ3n) is 2.27. The van der Waals surface area contributed by atoms with Gasteiger partial charge in [-0.2, -0.15) is 0 Å². The second-order valence-electron chi connectivity index (χ2n) is 3.46. The Labute approximate surface area is 105 Å². The lowest BCUT2D eigenvalue weighted by Crippen LogP contribution is -1.99. The van der Waals surface area contributed by atoms with Crippen LogP contribution in [0.1, 0.15) is 5.56 Å². The van der Waals surface area contributed by atoms with Gasteiger partial charge in [-0.05, 0) is 29.8 Å². The highest BCUT2D eigenvalue weighted by Gasteiger charge is 2.00. The van der Waals surface area contributed by atoms with Crippen molar-refractivity contribution in [3.8, 4) is 0 Å². The van der Waals surface area contributed by atoms with Crippen LogP contribution in [0, 0.1) is 0 Å². The molecule has 3 heteroatoms. The standard InChI is InChI=1S/C13H11Cl2N/c14-11-7-6-10(13(15)8-11)9-16-12-4-2-1-3-5-12/h1-8,16H,9H2. The molecule has 0 atom stereocenters. The summed E-state index contributed by atoms with van der Waals surface area (Å²) in [7, 11) is 0. The molecule has 0 spiro atoms. The molecule has 2 rings (SSSR count). The van der Waals surface area contributed by atoms with Crippen molar-refractivity contribution in [1.29, 1.82) is 0 Å². The van der Waals surface area contributed by atoms with Crippen LogP contribution in [0.4, 0.5) is 5.69 Å². The molecule has 0 fully saturated rings. The van der Waals surface area contributed by atoms with Gasteiger partial charge in [0.05, 0.1) is 0 Å². The van der Waals surface area contributed by atoms with E-state index in [1.807, 2.05) is 42.5 Å². The Morgan fingerprint density at radius 2 is 1.69 bits per heavy atom. The molecule has 2 aromatic carbocycles. The zero-order valence-electron chi connectivity index (χ0n) is 8.58. The number of hydrogen-bond donors (Lipinski definition) is 1. The normalized spacial score (nSPS) is 10.1. The lowest BCUT2D eigenvalue weighted by Gasteiger charge is -2.08. The smallest absolute Gasteiger partial charge is 0.0470 e. The molecule has 0 aromatic heterocycles. The first kappa shape index (κ1) is 11.3. The number of para-hydroxylation sites is 1.